The van der Waals surface area contributed by atoms with Crippen LogP contribution in [0.2, 0.25) is 5.15 Å². The Morgan fingerprint density at radius 1 is 1.00 bits per heavy atom. The lowest BCUT2D eigenvalue weighted by Gasteiger charge is -2.14. The molecule has 1 N–H and O–H groups in total. The predicted molar refractivity (Wildman–Crippen MR) is 170 cm³/mol. The molecule has 0 amide bonds. The predicted octanol–water partition coefficient (Wildman–Crippen LogP) is 4.43. The number of H-pyrrole nitrogens is 1. The van der Waals surface area contributed by atoms with Gasteiger partial charge < -0.3 is 23.7 Å². The molecule has 0 saturated carbocycles. The molecule has 0 spiro atoms. The zero-order valence-electron chi connectivity index (χ0n) is 26.4. The Hall–Kier alpha value is -5.65. The van der Waals surface area contributed by atoms with Crippen molar-refractivity contribution in [2.75, 3.05) is 19.8 Å². The van der Waals surface area contributed by atoms with Gasteiger partial charge in [-0.2, -0.15) is 0 Å². The van der Waals surface area contributed by atoms with E-state index in [-0.39, 0.29) is 43.3 Å². The van der Waals surface area contributed by atoms with Crippen molar-refractivity contribution < 1.29 is 38.9 Å². The van der Waals surface area contributed by atoms with E-state index in [1.807, 2.05) is 55.5 Å². The maximum absolute atomic E-state index is 13.2. The van der Waals surface area contributed by atoms with Crippen molar-refractivity contribution in [3.63, 3.8) is 0 Å². The summed E-state index contributed by atoms with van der Waals surface area (Å²) in [6.45, 7) is 0.891. The van der Waals surface area contributed by atoms with Crippen molar-refractivity contribution in [2.24, 2.45) is 0 Å². The minimum atomic E-state index is -1.16. The fraction of sp³-hybridized carbons (Fsp3) is 0.400. The minimum absolute atomic E-state index is 0.00147. The molecule has 260 valence electrons. The van der Waals surface area contributed by atoms with Gasteiger partial charge in [0.05, 0.1) is 6.61 Å². The van der Waals surface area contributed by atoms with Crippen molar-refractivity contribution in [2.45, 2.75) is 58.1 Å². The highest BCUT2D eigenvalue weighted by molar-refractivity contribution is 6.32. The largest absolute Gasteiger partial charge is 0.463 e. The molecule has 19 heteroatoms. The molecule has 0 aliphatic rings. The van der Waals surface area contributed by atoms with E-state index in [2.05, 4.69) is 35.3 Å². The number of carbonyl (C=O) groups excluding carboxylic acids is 2. The van der Waals surface area contributed by atoms with Gasteiger partial charge in [-0.1, -0.05) is 73.5 Å². The highest BCUT2D eigenvalue weighted by Crippen LogP contribution is 2.30. The SMILES string of the molecule is CCCCc1nc(Cl)c(C(=O)OCC(=O)OCCCC[C@H](CO[N+](=O)[O-])O[N+](=O)[O-])n1Cc1ccc(-c2ccccc2-c2nnn[nH]2)cc1. The molecule has 2 aromatic carbocycles. The van der Waals surface area contributed by atoms with Crippen LogP contribution in [0.3, 0.4) is 0 Å². The molecule has 0 bridgehead atoms. The Morgan fingerprint density at radius 3 is 2.43 bits per heavy atom. The minimum Gasteiger partial charge on any atom is -0.463 e. The number of rotatable bonds is 20. The monoisotopic (exact) mass is 700 g/mol. The molecule has 0 fully saturated rings. The average molecular weight is 701 g/mol. The summed E-state index contributed by atoms with van der Waals surface area (Å²) < 4.78 is 12.0. The van der Waals surface area contributed by atoms with Gasteiger partial charge in [0.15, 0.2) is 23.3 Å². The maximum atomic E-state index is 13.2. The molecule has 0 saturated heterocycles. The summed E-state index contributed by atoms with van der Waals surface area (Å²) in [5.41, 5.74) is 3.55. The second-order valence-electron chi connectivity index (χ2n) is 10.6. The summed E-state index contributed by atoms with van der Waals surface area (Å²) in [5.74, 6) is -0.546. The van der Waals surface area contributed by atoms with Crippen LogP contribution in [0.15, 0.2) is 48.5 Å². The Labute approximate surface area is 283 Å². The quantitative estimate of drug-likeness (QED) is 0.0582. The number of benzene rings is 2. The lowest BCUT2D eigenvalue weighted by Crippen LogP contribution is -2.24. The van der Waals surface area contributed by atoms with E-state index in [0.29, 0.717) is 18.1 Å². The number of aromatic nitrogens is 6. The van der Waals surface area contributed by atoms with E-state index in [0.717, 1.165) is 35.1 Å². The van der Waals surface area contributed by atoms with Gasteiger partial charge in [-0.25, -0.2) is 19.7 Å². The second kappa shape index (κ2) is 18.0. The smallest absolute Gasteiger partial charge is 0.358 e. The molecule has 0 aliphatic heterocycles. The van der Waals surface area contributed by atoms with Crippen LogP contribution in [0.1, 0.15) is 60.9 Å². The molecular formula is C30H33ClN8O10. The van der Waals surface area contributed by atoms with E-state index >= 15 is 0 Å². The van der Waals surface area contributed by atoms with Crippen LogP contribution in [0.4, 0.5) is 0 Å². The number of ether oxygens (including phenoxy) is 2. The van der Waals surface area contributed by atoms with Gasteiger partial charge in [-0.05, 0) is 52.8 Å². The molecule has 0 aliphatic carbocycles. The van der Waals surface area contributed by atoms with Crippen LogP contribution in [0, 0.1) is 20.2 Å². The topological polar surface area (TPSA) is 230 Å². The summed E-state index contributed by atoms with van der Waals surface area (Å²) in [7, 11) is 0. The van der Waals surface area contributed by atoms with Gasteiger partial charge in [0.1, 0.15) is 18.5 Å². The van der Waals surface area contributed by atoms with Gasteiger partial charge in [0.2, 0.25) is 0 Å². The highest BCUT2D eigenvalue weighted by Gasteiger charge is 2.25. The second-order valence-corrected chi connectivity index (χ2v) is 11.0. The average Bonchev–Trinajstić information content (AvgIpc) is 3.73. The summed E-state index contributed by atoms with van der Waals surface area (Å²) >= 11 is 6.43. The first kappa shape index (κ1) is 36.2. The van der Waals surface area contributed by atoms with Crippen LogP contribution in [0.25, 0.3) is 22.5 Å². The number of hydrogen-bond donors (Lipinski definition) is 1. The van der Waals surface area contributed by atoms with E-state index in [1.165, 1.54) is 0 Å². The summed E-state index contributed by atoms with van der Waals surface area (Å²) in [6, 6.07) is 15.5. The fourth-order valence-corrected chi connectivity index (χ4v) is 5.15. The standard InChI is InChI=1S/C30H33ClN8O10/c1-2-3-11-25-32-28(31)27(30(41)47-19-26(40)46-16-7-6-8-22(49-39(44)45)18-48-38(42)43)37(25)17-20-12-14-21(15-13-20)23-9-4-5-10-24(23)29-33-35-36-34-29/h4-5,9-10,12-15,22H,2-3,6-8,11,16-19H2,1H3,(H,33,34,35,36)/t22-/m1/s1. The number of nitrogens with zero attached hydrogens (tertiary/aromatic N) is 7. The lowest BCUT2D eigenvalue weighted by atomic mass is 9.98. The van der Waals surface area contributed by atoms with Crippen LogP contribution in [0.5, 0.6) is 0 Å². The number of carbonyl (C=O) groups is 2. The summed E-state index contributed by atoms with van der Waals surface area (Å²) in [4.78, 5) is 59.3. The third kappa shape index (κ3) is 10.7. The van der Waals surface area contributed by atoms with Crippen molar-refractivity contribution in [3.8, 4) is 22.5 Å². The first-order valence-electron chi connectivity index (χ1n) is 15.2. The summed E-state index contributed by atoms with van der Waals surface area (Å²) in [6.07, 6.45) is 1.68. The van der Waals surface area contributed by atoms with Crippen LogP contribution in [-0.4, -0.2) is 78.2 Å². The number of esters is 2. The zero-order valence-corrected chi connectivity index (χ0v) is 27.1. The third-order valence-electron chi connectivity index (χ3n) is 7.19. The number of unbranched alkanes of at least 4 members (excludes halogenated alkanes) is 2. The van der Waals surface area contributed by atoms with E-state index in [1.54, 1.807) is 4.57 Å². The number of imidazole rings is 1. The fourth-order valence-electron chi connectivity index (χ4n) is 4.87. The van der Waals surface area contributed by atoms with Crippen LogP contribution >= 0.6 is 11.6 Å². The molecule has 18 nitrogen and oxygen atoms in total. The van der Waals surface area contributed by atoms with Gasteiger partial charge in [-0.15, -0.1) is 25.3 Å². The Bertz CT molecular complexity index is 1720. The number of aromatic amines is 1. The van der Waals surface area contributed by atoms with E-state index in [4.69, 9.17) is 21.1 Å². The number of halogens is 1. The molecular weight excluding hydrogens is 668 g/mol. The maximum Gasteiger partial charge on any atom is 0.358 e. The number of nitrogens with one attached hydrogen (secondary N) is 1. The molecule has 0 unspecified atom stereocenters. The lowest BCUT2D eigenvalue weighted by molar-refractivity contribution is -0.790. The molecule has 4 aromatic rings. The van der Waals surface area contributed by atoms with Crippen LogP contribution in [-0.2, 0) is 36.9 Å². The van der Waals surface area contributed by atoms with Gasteiger partial charge in [-0.3, -0.25) is 0 Å². The van der Waals surface area contributed by atoms with Crippen molar-refractivity contribution in [1.29, 1.82) is 0 Å². The van der Waals surface area contributed by atoms with Gasteiger partial charge in [0.25, 0.3) is 10.2 Å². The van der Waals surface area contributed by atoms with Crippen molar-refractivity contribution in [3.05, 3.63) is 91.0 Å². The van der Waals surface area contributed by atoms with Gasteiger partial charge in [0, 0.05) is 18.5 Å². The third-order valence-corrected chi connectivity index (χ3v) is 7.45. The molecule has 2 heterocycles. The van der Waals surface area contributed by atoms with Gasteiger partial charge >= 0.3 is 11.9 Å². The zero-order chi connectivity index (χ0) is 35.2. The Balaban J connectivity index is 1.36. The Morgan fingerprint density at radius 2 is 1.76 bits per heavy atom. The highest BCUT2D eigenvalue weighted by atomic mass is 35.5. The first-order valence-corrected chi connectivity index (χ1v) is 15.6. The molecule has 4 rings (SSSR count). The molecule has 0 radical (unpaired) electrons. The van der Waals surface area contributed by atoms with Crippen LogP contribution < -0.4 is 0 Å². The molecule has 2 aromatic heterocycles. The van der Waals surface area contributed by atoms with Crippen molar-refractivity contribution >= 4 is 23.5 Å². The molecule has 1 atom stereocenters. The Kier molecular flexibility index (Phi) is 13.3. The number of tetrazole rings is 1. The molecule has 49 heavy (non-hydrogen) atoms. The number of aryl methyl sites for hydroxylation is 1. The van der Waals surface area contributed by atoms with E-state index < -0.39 is 41.4 Å². The van der Waals surface area contributed by atoms with Crippen molar-refractivity contribution in [1.82, 2.24) is 30.2 Å². The van der Waals surface area contributed by atoms with E-state index in [9.17, 15) is 29.8 Å². The summed E-state index contributed by atoms with van der Waals surface area (Å²) in [5, 5.41) is 32.9. The number of hydrogen-bond acceptors (Lipinski definition) is 14. The normalized spacial score (nSPS) is 11.5. The first-order chi connectivity index (χ1) is 23.7.